The Morgan fingerprint density at radius 1 is 0.947 bits per heavy atom. The molecule has 2 amide bonds. The number of carbonyl (C=O) groups is 3. The fourth-order valence-electron chi connectivity index (χ4n) is 3.30. The minimum atomic E-state index is -0.998. The Hall–Kier alpha value is -2.73. The fourth-order valence-corrected chi connectivity index (χ4v) is 3.30. The Kier molecular flexibility index (Phi) is 16.2. The first kappa shape index (κ1) is 33.3. The standard InChI is InChI=1S/C27H44N2O9/c1-20(23(11-12-24(28)30)29-26(33)38-27(2,3)4)37-18-22-9-7-21(8-10-22)6-5-13-34-14-15-35-16-17-36-19-25(31)32/h7-10,20,23H,5-6,11-19H2,1-4H3,(H2,28,30)(H,29,33)(H,31,32)/t20-,23+/m1/s1. The molecule has 0 aromatic heterocycles. The number of ether oxygens (including phenoxy) is 5. The zero-order valence-corrected chi connectivity index (χ0v) is 23.0. The third-order valence-corrected chi connectivity index (χ3v) is 5.23. The number of carbonyl (C=O) groups excluding carboxylic acids is 2. The van der Waals surface area contributed by atoms with Crippen molar-refractivity contribution in [1.82, 2.24) is 5.32 Å². The van der Waals surface area contributed by atoms with Crippen molar-refractivity contribution in [2.45, 2.75) is 77.7 Å². The largest absolute Gasteiger partial charge is 0.480 e. The summed E-state index contributed by atoms with van der Waals surface area (Å²) >= 11 is 0. The Bertz CT molecular complexity index is 825. The molecule has 11 nitrogen and oxygen atoms in total. The minimum absolute atomic E-state index is 0.128. The number of nitrogens with two attached hydrogens (primary N) is 1. The molecule has 216 valence electrons. The Morgan fingerprint density at radius 3 is 2.11 bits per heavy atom. The molecule has 0 aliphatic rings. The number of aryl methyl sites for hydroxylation is 1. The maximum Gasteiger partial charge on any atom is 0.407 e. The number of amides is 2. The van der Waals surface area contributed by atoms with E-state index >= 15 is 0 Å². The van der Waals surface area contributed by atoms with Crippen molar-refractivity contribution in [3.05, 3.63) is 35.4 Å². The number of hydrogen-bond donors (Lipinski definition) is 3. The van der Waals surface area contributed by atoms with E-state index in [1.165, 1.54) is 5.56 Å². The summed E-state index contributed by atoms with van der Waals surface area (Å²) < 4.78 is 27.0. The van der Waals surface area contributed by atoms with E-state index in [0.29, 0.717) is 39.5 Å². The van der Waals surface area contributed by atoms with Gasteiger partial charge in [0.1, 0.15) is 12.2 Å². The van der Waals surface area contributed by atoms with Gasteiger partial charge in [0.05, 0.1) is 45.2 Å². The minimum Gasteiger partial charge on any atom is -0.480 e. The van der Waals surface area contributed by atoms with Crippen molar-refractivity contribution in [3.63, 3.8) is 0 Å². The second-order valence-corrected chi connectivity index (χ2v) is 9.86. The molecule has 11 heteroatoms. The van der Waals surface area contributed by atoms with Gasteiger partial charge in [-0.3, -0.25) is 4.79 Å². The van der Waals surface area contributed by atoms with Crippen LogP contribution in [0, 0.1) is 0 Å². The van der Waals surface area contributed by atoms with Crippen LogP contribution >= 0.6 is 0 Å². The summed E-state index contributed by atoms with van der Waals surface area (Å²) in [6.45, 7) is 9.31. The average Bonchev–Trinajstić information content (AvgIpc) is 2.82. The first-order valence-corrected chi connectivity index (χ1v) is 12.9. The van der Waals surface area contributed by atoms with Crippen LogP contribution in [-0.2, 0) is 46.3 Å². The van der Waals surface area contributed by atoms with Gasteiger partial charge in [0.25, 0.3) is 0 Å². The molecule has 0 fully saturated rings. The van der Waals surface area contributed by atoms with Gasteiger partial charge in [-0.2, -0.15) is 0 Å². The average molecular weight is 541 g/mol. The van der Waals surface area contributed by atoms with Gasteiger partial charge in [0.2, 0.25) is 5.91 Å². The summed E-state index contributed by atoms with van der Waals surface area (Å²) in [4.78, 5) is 33.8. The molecule has 1 rings (SSSR count). The summed E-state index contributed by atoms with van der Waals surface area (Å²) in [5.41, 5.74) is 6.83. The predicted molar refractivity (Wildman–Crippen MR) is 141 cm³/mol. The van der Waals surface area contributed by atoms with Gasteiger partial charge in [0.15, 0.2) is 0 Å². The molecule has 0 bridgehead atoms. The number of primary amides is 1. The monoisotopic (exact) mass is 540 g/mol. The Labute approximate surface area is 225 Å². The summed E-state index contributed by atoms with van der Waals surface area (Å²) in [7, 11) is 0. The van der Waals surface area contributed by atoms with Gasteiger partial charge in [0, 0.05) is 13.0 Å². The van der Waals surface area contributed by atoms with Gasteiger partial charge in [-0.25, -0.2) is 9.59 Å². The van der Waals surface area contributed by atoms with E-state index in [4.69, 9.17) is 34.5 Å². The molecule has 0 saturated heterocycles. The molecule has 0 aliphatic heterocycles. The number of nitrogens with one attached hydrogen (secondary N) is 1. The molecule has 0 radical (unpaired) electrons. The summed E-state index contributed by atoms with van der Waals surface area (Å²) in [5.74, 6) is -1.44. The van der Waals surface area contributed by atoms with Crippen LogP contribution in [0.3, 0.4) is 0 Å². The van der Waals surface area contributed by atoms with E-state index in [2.05, 4.69) is 5.32 Å². The molecular formula is C27H44N2O9. The molecular weight excluding hydrogens is 496 g/mol. The molecule has 0 unspecified atom stereocenters. The molecule has 1 aromatic carbocycles. The molecule has 0 heterocycles. The second kappa shape index (κ2) is 18.5. The van der Waals surface area contributed by atoms with E-state index in [9.17, 15) is 14.4 Å². The van der Waals surface area contributed by atoms with Crippen molar-refractivity contribution in [2.24, 2.45) is 5.73 Å². The molecule has 0 aliphatic carbocycles. The SMILES string of the molecule is C[C@@H](OCc1ccc(CCCOCCOCCOCC(=O)O)cc1)[C@H](CCC(N)=O)NC(=O)OC(C)(C)C. The molecule has 0 spiro atoms. The van der Waals surface area contributed by atoms with Crippen molar-refractivity contribution in [1.29, 1.82) is 0 Å². The third kappa shape index (κ3) is 17.7. The lowest BCUT2D eigenvalue weighted by Gasteiger charge is -2.27. The smallest absolute Gasteiger partial charge is 0.407 e. The lowest BCUT2D eigenvalue weighted by molar-refractivity contribution is -0.142. The lowest BCUT2D eigenvalue weighted by Crippen LogP contribution is -2.45. The number of carboxylic acids is 1. The van der Waals surface area contributed by atoms with Gasteiger partial charge >= 0.3 is 12.1 Å². The van der Waals surface area contributed by atoms with E-state index in [-0.39, 0.29) is 25.7 Å². The zero-order chi connectivity index (χ0) is 28.4. The topological polar surface area (TPSA) is 156 Å². The maximum atomic E-state index is 12.2. The summed E-state index contributed by atoms with van der Waals surface area (Å²) in [6, 6.07) is 7.68. The highest BCUT2D eigenvalue weighted by Gasteiger charge is 2.24. The van der Waals surface area contributed by atoms with Crippen LogP contribution in [0.1, 0.15) is 58.1 Å². The summed E-state index contributed by atoms with van der Waals surface area (Å²) in [6.07, 6.45) is 1.29. The number of aliphatic carboxylic acids is 1. The highest BCUT2D eigenvalue weighted by Crippen LogP contribution is 2.14. The fraction of sp³-hybridized carbons (Fsp3) is 0.667. The van der Waals surface area contributed by atoms with Crippen LogP contribution in [0.25, 0.3) is 0 Å². The lowest BCUT2D eigenvalue weighted by atomic mass is 10.1. The van der Waals surface area contributed by atoms with E-state index in [1.807, 2.05) is 31.2 Å². The van der Waals surface area contributed by atoms with Crippen LogP contribution in [0.2, 0.25) is 0 Å². The summed E-state index contributed by atoms with van der Waals surface area (Å²) in [5, 5.41) is 11.2. The highest BCUT2D eigenvalue weighted by atomic mass is 16.6. The number of alkyl carbamates (subject to hydrolysis) is 1. The third-order valence-electron chi connectivity index (χ3n) is 5.23. The van der Waals surface area contributed by atoms with Crippen LogP contribution in [0.5, 0.6) is 0 Å². The molecule has 0 saturated carbocycles. The van der Waals surface area contributed by atoms with E-state index in [0.717, 1.165) is 18.4 Å². The van der Waals surface area contributed by atoms with Crippen molar-refractivity contribution >= 4 is 18.0 Å². The number of hydrogen-bond acceptors (Lipinski definition) is 8. The molecule has 38 heavy (non-hydrogen) atoms. The second-order valence-electron chi connectivity index (χ2n) is 9.86. The van der Waals surface area contributed by atoms with Crippen LogP contribution < -0.4 is 11.1 Å². The maximum absolute atomic E-state index is 12.2. The van der Waals surface area contributed by atoms with Crippen LogP contribution in [0.15, 0.2) is 24.3 Å². The van der Waals surface area contributed by atoms with Gasteiger partial charge in [-0.1, -0.05) is 24.3 Å². The molecule has 2 atom stereocenters. The predicted octanol–water partition coefficient (Wildman–Crippen LogP) is 2.82. The number of benzene rings is 1. The van der Waals surface area contributed by atoms with Gasteiger partial charge in [-0.15, -0.1) is 0 Å². The van der Waals surface area contributed by atoms with Crippen molar-refractivity contribution in [3.8, 4) is 0 Å². The van der Waals surface area contributed by atoms with Crippen molar-refractivity contribution < 1.29 is 43.2 Å². The number of rotatable bonds is 20. The highest BCUT2D eigenvalue weighted by molar-refractivity contribution is 5.74. The first-order valence-electron chi connectivity index (χ1n) is 12.9. The van der Waals surface area contributed by atoms with Crippen LogP contribution in [0.4, 0.5) is 4.79 Å². The molecule has 1 aromatic rings. The Morgan fingerprint density at radius 2 is 1.53 bits per heavy atom. The Balaban J connectivity index is 2.31. The van der Waals surface area contributed by atoms with Crippen LogP contribution in [-0.4, -0.2) is 80.5 Å². The van der Waals surface area contributed by atoms with Gasteiger partial charge < -0.3 is 39.8 Å². The van der Waals surface area contributed by atoms with Crippen molar-refractivity contribution in [2.75, 3.05) is 39.6 Å². The molecule has 4 N–H and O–H groups in total. The van der Waals surface area contributed by atoms with Gasteiger partial charge in [-0.05, 0) is 58.1 Å². The quantitative estimate of drug-likeness (QED) is 0.212. The number of carboxylic acid groups (broad SMARTS) is 1. The first-order chi connectivity index (χ1) is 18.0. The normalized spacial score (nSPS) is 13.1. The van der Waals surface area contributed by atoms with E-state index < -0.39 is 29.6 Å². The van der Waals surface area contributed by atoms with E-state index in [1.54, 1.807) is 20.8 Å². The zero-order valence-electron chi connectivity index (χ0n) is 23.0.